The fourth-order valence-electron chi connectivity index (χ4n) is 5.42. The van der Waals surface area contributed by atoms with Gasteiger partial charge in [0.15, 0.2) is 0 Å². The number of amides is 1. The van der Waals surface area contributed by atoms with Gasteiger partial charge in [-0.1, -0.05) is 48.5 Å². The zero-order valence-corrected chi connectivity index (χ0v) is 20.9. The average Bonchev–Trinajstić information content (AvgIpc) is 2.93. The maximum absolute atomic E-state index is 13.3. The second-order valence-corrected chi connectivity index (χ2v) is 9.93. The first kappa shape index (κ1) is 24.4. The lowest BCUT2D eigenvalue weighted by atomic mass is 9.98. The number of β-amino-alcohol motifs (C(OH)–C–C–N with tert-alkyl or cyclic N) is 1. The van der Waals surface area contributed by atoms with Crippen molar-refractivity contribution in [3.63, 3.8) is 0 Å². The first-order chi connectivity index (χ1) is 17.6. The summed E-state index contributed by atoms with van der Waals surface area (Å²) in [4.78, 5) is 26.4. The van der Waals surface area contributed by atoms with Crippen molar-refractivity contribution in [2.24, 2.45) is 0 Å². The van der Waals surface area contributed by atoms with E-state index in [1.165, 1.54) is 17.5 Å². The van der Waals surface area contributed by atoms with Crippen molar-refractivity contribution in [2.75, 3.05) is 31.5 Å². The van der Waals surface area contributed by atoms with Crippen LogP contribution in [0.2, 0.25) is 0 Å². The summed E-state index contributed by atoms with van der Waals surface area (Å²) in [7, 11) is 0. The molecule has 0 spiro atoms. The summed E-state index contributed by atoms with van der Waals surface area (Å²) in [5.41, 5.74) is 4.76. The third-order valence-electron chi connectivity index (χ3n) is 7.48. The highest BCUT2D eigenvalue weighted by atomic mass is 16.3. The highest BCUT2D eigenvalue weighted by molar-refractivity contribution is 5.94. The fraction of sp³-hybridized carbons (Fsp3) is 0.414. The summed E-state index contributed by atoms with van der Waals surface area (Å²) < 4.78 is 0. The first-order valence-corrected chi connectivity index (χ1v) is 13.0. The van der Waals surface area contributed by atoms with Crippen LogP contribution in [-0.2, 0) is 6.54 Å². The highest BCUT2D eigenvalue weighted by Crippen LogP contribution is 2.24. The molecule has 2 saturated heterocycles. The van der Waals surface area contributed by atoms with Crippen LogP contribution in [0.15, 0.2) is 60.9 Å². The Hall–Kier alpha value is -3.29. The van der Waals surface area contributed by atoms with Gasteiger partial charge in [0.05, 0.1) is 6.10 Å². The molecule has 36 heavy (non-hydrogen) atoms. The number of piperidine rings is 2. The molecule has 1 atom stereocenters. The number of carbonyl (C=O) groups excluding carboxylic acids is 1. The Morgan fingerprint density at radius 2 is 1.78 bits per heavy atom. The van der Waals surface area contributed by atoms with Gasteiger partial charge in [-0.25, -0.2) is 9.97 Å². The van der Waals surface area contributed by atoms with Crippen molar-refractivity contribution in [3.8, 4) is 11.1 Å². The maximum Gasteiger partial charge on any atom is 0.272 e. The molecule has 2 aromatic carbocycles. The topological polar surface area (TPSA) is 81.6 Å². The summed E-state index contributed by atoms with van der Waals surface area (Å²) in [5.74, 6) is 0.664. The van der Waals surface area contributed by atoms with Crippen molar-refractivity contribution in [3.05, 3.63) is 77.7 Å². The molecule has 5 rings (SSSR count). The maximum atomic E-state index is 13.3. The fourth-order valence-corrected chi connectivity index (χ4v) is 5.42. The van der Waals surface area contributed by atoms with Gasteiger partial charge in [0.2, 0.25) is 0 Å². The third-order valence-corrected chi connectivity index (χ3v) is 7.48. The molecule has 3 heterocycles. The van der Waals surface area contributed by atoms with E-state index >= 15 is 0 Å². The predicted octanol–water partition coefficient (Wildman–Crippen LogP) is 4.13. The normalized spacial score (nSPS) is 19.3. The molecule has 7 heteroatoms. The van der Waals surface area contributed by atoms with Gasteiger partial charge in [-0.3, -0.25) is 9.69 Å². The van der Waals surface area contributed by atoms with E-state index in [2.05, 4.69) is 56.6 Å². The molecule has 2 aliphatic rings. The summed E-state index contributed by atoms with van der Waals surface area (Å²) in [6.07, 6.45) is 5.08. The first-order valence-electron chi connectivity index (χ1n) is 13.0. The van der Waals surface area contributed by atoms with Crippen LogP contribution in [-0.4, -0.2) is 69.1 Å². The monoisotopic (exact) mass is 485 g/mol. The molecule has 2 N–H and O–H groups in total. The number of hydrogen-bond acceptors (Lipinski definition) is 6. The molecule has 0 aliphatic carbocycles. The number of rotatable bonds is 6. The Morgan fingerprint density at radius 3 is 2.56 bits per heavy atom. The molecule has 1 aromatic heterocycles. The SMILES string of the molecule is Cc1c(NCc2cccc(-c3ccccc3)c2)ncnc1C(=O)N1CCC(N2CCCC(O)C2)CC1. The van der Waals surface area contributed by atoms with E-state index in [1.807, 2.05) is 30.0 Å². The predicted molar refractivity (Wildman–Crippen MR) is 142 cm³/mol. The van der Waals surface area contributed by atoms with Crippen LogP contribution in [0.3, 0.4) is 0 Å². The Bertz CT molecular complexity index is 1180. The van der Waals surface area contributed by atoms with Crippen LogP contribution in [0.4, 0.5) is 5.82 Å². The van der Waals surface area contributed by atoms with Crippen molar-refractivity contribution >= 4 is 11.7 Å². The molecular formula is C29H35N5O2. The molecular weight excluding hydrogens is 450 g/mol. The van der Waals surface area contributed by atoms with E-state index in [9.17, 15) is 9.90 Å². The van der Waals surface area contributed by atoms with Crippen molar-refractivity contribution in [2.45, 2.75) is 51.3 Å². The number of aliphatic hydroxyl groups is 1. The van der Waals surface area contributed by atoms with Gasteiger partial charge in [0.25, 0.3) is 5.91 Å². The van der Waals surface area contributed by atoms with Crippen LogP contribution in [0.1, 0.15) is 47.3 Å². The summed E-state index contributed by atoms with van der Waals surface area (Å²) in [6.45, 7) is 5.76. The summed E-state index contributed by atoms with van der Waals surface area (Å²) >= 11 is 0. The molecule has 1 amide bonds. The van der Waals surface area contributed by atoms with Gasteiger partial charge < -0.3 is 15.3 Å². The van der Waals surface area contributed by atoms with Gasteiger partial charge in [0.1, 0.15) is 17.8 Å². The number of benzene rings is 2. The lowest BCUT2D eigenvalue weighted by molar-refractivity contribution is 0.0239. The Morgan fingerprint density at radius 1 is 1.00 bits per heavy atom. The quantitative estimate of drug-likeness (QED) is 0.547. The van der Waals surface area contributed by atoms with Crippen molar-refractivity contribution in [1.82, 2.24) is 19.8 Å². The molecule has 2 aliphatic heterocycles. The van der Waals surface area contributed by atoms with E-state index < -0.39 is 0 Å². The van der Waals surface area contributed by atoms with Crippen molar-refractivity contribution in [1.29, 1.82) is 0 Å². The standard InChI is InChI=1S/C29H35N5O2/c1-21-27(29(36)33-15-12-25(13-16-33)34-14-6-11-26(35)19-34)31-20-32-28(21)30-18-22-7-5-10-24(17-22)23-8-3-2-4-9-23/h2-5,7-10,17,20,25-26,35H,6,11-16,18-19H2,1H3,(H,30,31,32). The third kappa shape index (κ3) is 5.58. The molecule has 7 nitrogen and oxygen atoms in total. The Kier molecular flexibility index (Phi) is 7.58. The number of hydrogen-bond donors (Lipinski definition) is 2. The largest absolute Gasteiger partial charge is 0.392 e. The molecule has 2 fully saturated rings. The zero-order valence-electron chi connectivity index (χ0n) is 20.9. The van der Waals surface area contributed by atoms with E-state index in [4.69, 9.17) is 0 Å². The van der Waals surface area contributed by atoms with Crippen molar-refractivity contribution < 1.29 is 9.90 Å². The molecule has 0 radical (unpaired) electrons. The number of aliphatic hydroxyl groups excluding tert-OH is 1. The smallest absolute Gasteiger partial charge is 0.272 e. The van der Waals surface area contributed by atoms with Crippen LogP contribution in [0, 0.1) is 6.92 Å². The zero-order chi connectivity index (χ0) is 24.9. The van der Waals surface area contributed by atoms with Gasteiger partial charge in [-0.15, -0.1) is 0 Å². The summed E-state index contributed by atoms with van der Waals surface area (Å²) in [5, 5.41) is 13.4. The number of carbonyl (C=O) groups is 1. The van der Waals surface area contributed by atoms with E-state index in [0.717, 1.165) is 49.9 Å². The van der Waals surface area contributed by atoms with Gasteiger partial charge >= 0.3 is 0 Å². The number of likely N-dealkylation sites (tertiary alicyclic amines) is 2. The van der Waals surface area contributed by atoms with E-state index in [0.29, 0.717) is 37.2 Å². The number of nitrogens with zero attached hydrogens (tertiary/aromatic N) is 4. The van der Waals surface area contributed by atoms with Crippen LogP contribution < -0.4 is 5.32 Å². The lowest BCUT2D eigenvalue weighted by Gasteiger charge is -2.41. The molecule has 1 unspecified atom stereocenters. The van der Waals surface area contributed by atoms with Gasteiger partial charge in [-0.05, 0) is 61.9 Å². The molecule has 0 bridgehead atoms. The van der Waals surface area contributed by atoms with Crippen LogP contribution in [0.5, 0.6) is 0 Å². The minimum Gasteiger partial charge on any atom is -0.392 e. The van der Waals surface area contributed by atoms with Crippen LogP contribution >= 0.6 is 0 Å². The lowest BCUT2D eigenvalue weighted by Crippen LogP contribution is -2.50. The highest BCUT2D eigenvalue weighted by Gasteiger charge is 2.31. The minimum absolute atomic E-state index is 0.0267. The second kappa shape index (κ2) is 11.2. The minimum atomic E-state index is -0.214. The number of anilines is 1. The summed E-state index contributed by atoms with van der Waals surface area (Å²) in [6, 6.07) is 19.2. The van der Waals surface area contributed by atoms with Crippen LogP contribution in [0.25, 0.3) is 11.1 Å². The Labute approximate surface area is 213 Å². The second-order valence-electron chi connectivity index (χ2n) is 9.93. The average molecular weight is 486 g/mol. The molecule has 0 saturated carbocycles. The van der Waals surface area contributed by atoms with E-state index in [-0.39, 0.29) is 12.0 Å². The molecule has 3 aromatic rings. The number of aromatic nitrogens is 2. The number of nitrogens with one attached hydrogen (secondary N) is 1. The Balaban J connectivity index is 1.21. The van der Waals surface area contributed by atoms with E-state index in [1.54, 1.807) is 0 Å². The molecule has 188 valence electrons. The van der Waals surface area contributed by atoms with Gasteiger partial charge in [-0.2, -0.15) is 0 Å². The van der Waals surface area contributed by atoms with Gasteiger partial charge in [0, 0.05) is 37.8 Å².